The molecule has 0 aliphatic rings. The van der Waals surface area contributed by atoms with Crippen molar-refractivity contribution in [1.29, 1.82) is 0 Å². The van der Waals surface area contributed by atoms with Crippen LogP contribution in [0.4, 0.5) is 0 Å². The van der Waals surface area contributed by atoms with Crippen LogP contribution in [0.1, 0.15) is 31.4 Å². The van der Waals surface area contributed by atoms with Crippen LogP contribution in [0.3, 0.4) is 0 Å². The lowest BCUT2D eigenvalue weighted by Crippen LogP contribution is -2.21. The van der Waals surface area contributed by atoms with Gasteiger partial charge in [-0.05, 0) is 37.6 Å². The molecule has 5 heteroatoms. The Bertz CT molecular complexity index is 544. The van der Waals surface area contributed by atoms with Gasteiger partial charge < -0.3 is 4.90 Å². The molecule has 0 aliphatic heterocycles. The van der Waals surface area contributed by atoms with E-state index in [1.807, 2.05) is 24.8 Å². The van der Waals surface area contributed by atoms with E-state index in [9.17, 15) is 0 Å². The molecule has 22 heavy (non-hydrogen) atoms. The van der Waals surface area contributed by atoms with Crippen molar-refractivity contribution < 1.29 is 0 Å². The van der Waals surface area contributed by atoms with Gasteiger partial charge in [-0.1, -0.05) is 25.6 Å². The molecule has 2 aromatic rings. The Labute approximate surface area is 137 Å². The minimum absolute atomic E-state index is 0.564. The summed E-state index contributed by atoms with van der Waals surface area (Å²) in [5, 5.41) is 1.44. The standard InChI is InChI=1S/C17H24N4S/c1-4-14(2)22-17-19-11-16(12-20-17)13-21(3)10-7-15-5-8-18-9-6-15/h5-6,8-9,11-12,14H,4,7,10,13H2,1-3H3/t14-/m0/s1. The number of hydrogen-bond donors (Lipinski definition) is 0. The van der Waals surface area contributed by atoms with Gasteiger partial charge in [0.15, 0.2) is 5.16 Å². The van der Waals surface area contributed by atoms with Gasteiger partial charge in [-0.15, -0.1) is 0 Å². The Balaban J connectivity index is 1.80. The summed E-state index contributed by atoms with van der Waals surface area (Å²) in [5.41, 5.74) is 2.48. The molecule has 0 N–H and O–H groups in total. The Morgan fingerprint density at radius 3 is 2.45 bits per heavy atom. The van der Waals surface area contributed by atoms with Gasteiger partial charge in [0.1, 0.15) is 0 Å². The first-order chi connectivity index (χ1) is 10.7. The molecule has 0 unspecified atom stereocenters. The van der Waals surface area contributed by atoms with E-state index < -0.39 is 0 Å². The Kier molecular flexibility index (Phi) is 6.80. The lowest BCUT2D eigenvalue weighted by molar-refractivity contribution is 0.330. The first-order valence-corrected chi connectivity index (χ1v) is 8.60. The van der Waals surface area contributed by atoms with Crippen molar-refractivity contribution in [3.05, 3.63) is 48.0 Å². The lowest BCUT2D eigenvalue weighted by atomic mass is 10.2. The second kappa shape index (κ2) is 8.86. The molecule has 1 atom stereocenters. The molecule has 0 amide bonds. The van der Waals surface area contributed by atoms with Crippen LogP contribution < -0.4 is 0 Å². The zero-order valence-corrected chi connectivity index (χ0v) is 14.4. The second-order valence-corrected chi connectivity index (χ2v) is 6.96. The highest BCUT2D eigenvalue weighted by atomic mass is 32.2. The summed E-state index contributed by atoms with van der Waals surface area (Å²) in [6.07, 6.45) is 9.74. The molecule has 0 bridgehead atoms. The summed E-state index contributed by atoms with van der Waals surface area (Å²) in [4.78, 5) is 15.2. The molecule has 2 aromatic heterocycles. The van der Waals surface area contributed by atoms with Gasteiger partial charge in [0.2, 0.25) is 0 Å². The van der Waals surface area contributed by atoms with Crippen molar-refractivity contribution in [2.24, 2.45) is 0 Å². The number of likely N-dealkylation sites (N-methyl/N-ethyl adjacent to an activating group) is 1. The Morgan fingerprint density at radius 1 is 1.14 bits per heavy atom. The van der Waals surface area contributed by atoms with E-state index in [2.05, 4.69) is 52.9 Å². The van der Waals surface area contributed by atoms with Crippen LogP contribution in [0.5, 0.6) is 0 Å². The zero-order valence-electron chi connectivity index (χ0n) is 13.6. The highest BCUT2D eigenvalue weighted by molar-refractivity contribution is 7.99. The number of thioether (sulfide) groups is 1. The van der Waals surface area contributed by atoms with Crippen LogP contribution in [-0.2, 0) is 13.0 Å². The summed E-state index contributed by atoms with van der Waals surface area (Å²) < 4.78 is 0. The summed E-state index contributed by atoms with van der Waals surface area (Å²) >= 11 is 1.74. The van der Waals surface area contributed by atoms with Gasteiger partial charge in [-0.2, -0.15) is 0 Å². The van der Waals surface area contributed by atoms with Gasteiger partial charge in [-0.3, -0.25) is 4.98 Å². The summed E-state index contributed by atoms with van der Waals surface area (Å²) in [5.74, 6) is 0. The smallest absolute Gasteiger partial charge is 0.187 e. The SMILES string of the molecule is CC[C@H](C)Sc1ncc(CN(C)CCc2ccncc2)cn1. The Morgan fingerprint density at radius 2 is 1.82 bits per heavy atom. The fourth-order valence-corrected chi connectivity index (χ4v) is 2.76. The zero-order chi connectivity index (χ0) is 15.8. The number of hydrogen-bond acceptors (Lipinski definition) is 5. The second-order valence-electron chi connectivity index (χ2n) is 5.55. The molecule has 0 fully saturated rings. The van der Waals surface area contributed by atoms with Crippen molar-refractivity contribution in [3.63, 3.8) is 0 Å². The lowest BCUT2D eigenvalue weighted by Gasteiger charge is -2.16. The van der Waals surface area contributed by atoms with E-state index in [1.54, 1.807) is 11.8 Å². The van der Waals surface area contributed by atoms with Gasteiger partial charge >= 0.3 is 0 Å². The van der Waals surface area contributed by atoms with E-state index in [4.69, 9.17) is 0 Å². The van der Waals surface area contributed by atoms with Crippen LogP contribution in [0.25, 0.3) is 0 Å². The first-order valence-electron chi connectivity index (χ1n) is 7.72. The van der Waals surface area contributed by atoms with Gasteiger partial charge in [0.25, 0.3) is 0 Å². The average Bonchev–Trinajstić information content (AvgIpc) is 2.55. The van der Waals surface area contributed by atoms with Crippen molar-refractivity contribution in [2.45, 2.75) is 43.6 Å². The van der Waals surface area contributed by atoms with E-state index >= 15 is 0 Å². The van der Waals surface area contributed by atoms with Crippen LogP contribution in [0, 0.1) is 0 Å². The van der Waals surface area contributed by atoms with E-state index in [0.717, 1.165) is 36.7 Å². The summed E-state index contributed by atoms with van der Waals surface area (Å²) in [6, 6.07) is 4.13. The molecule has 4 nitrogen and oxygen atoms in total. The molecule has 0 spiro atoms. The molecule has 0 aliphatic carbocycles. The Hall–Kier alpha value is -1.46. The third kappa shape index (κ3) is 5.73. The minimum atomic E-state index is 0.564. The van der Waals surface area contributed by atoms with Crippen molar-refractivity contribution in [2.75, 3.05) is 13.6 Å². The molecule has 118 valence electrons. The number of aromatic nitrogens is 3. The molecule has 0 radical (unpaired) electrons. The maximum absolute atomic E-state index is 4.45. The molecular formula is C17H24N4S. The monoisotopic (exact) mass is 316 g/mol. The maximum Gasteiger partial charge on any atom is 0.187 e. The van der Waals surface area contributed by atoms with E-state index in [1.165, 1.54) is 5.56 Å². The summed E-state index contributed by atoms with van der Waals surface area (Å²) in [7, 11) is 2.13. The molecular weight excluding hydrogens is 292 g/mol. The fourth-order valence-electron chi connectivity index (χ4n) is 2.01. The van der Waals surface area contributed by atoms with Crippen molar-refractivity contribution in [3.8, 4) is 0 Å². The largest absolute Gasteiger partial charge is 0.302 e. The van der Waals surface area contributed by atoms with Crippen LogP contribution in [-0.4, -0.2) is 38.7 Å². The normalized spacial score (nSPS) is 12.5. The highest BCUT2D eigenvalue weighted by Crippen LogP contribution is 2.20. The van der Waals surface area contributed by atoms with Gasteiger partial charge in [-0.25, -0.2) is 9.97 Å². The van der Waals surface area contributed by atoms with Crippen molar-refractivity contribution in [1.82, 2.24) is 19.9 Å². The third-order valence-electron chi connectivity index (χ3n) is 3.55. The fraction of sp³-hybridized carbons (Fsp3) is 0.471. The maximum atomic E-state index is 4.45. The van der Waals surface area contributed by atoms with Crippen molar-refractivity contribution >= 4 is 11.8 Å². The minimum Gasteiger partial charge on any atom is -0.302 e. The quantitative estimate of drug-likeness (QED) is 0.551. The van der Waals surface area contributed by atoms with Gasteiger partial charge in [0, 0.05) is 48.7 Å². The van der Waals surface area contributed by atoms with E-state index in [0.29, 0.717) is 5.25 Å². The highest BCUT2D eigenvalue weighted by Gasteiger charge is 2.06. The molecule has 0 saturated heterocycles. The number of rotatable bonds is 8. The third-order valence-corrected chi connectivity index (χ3v) is 4.70. The number of pyridine rings is 1. The van der Waals surface area contributed by atoms with Crippen LogP contribution in [0.2, 0.25) is 0 Å². The van der Waals surface area contributed by atoms with Gasteiger partial charge in [0.05, 0.1) is 0 Å². The average molecular weight is 316 g/mol. The summed E-state index contributed by atoms with van der Waals surface area (Å²) in [6.45, 7) is 6.27. The predicted octanol–water partition coefficient (Wildman–Crippen LogP) is 3.44. The molecule has 0 saturated carbocycles. The predicted molar refractivity (Wildman–Crippen MR) is 91.9 cm³/mol. The molecule has 0 aromatic carbocycles. The number of nitrogens with zero attached hydrogens (tertiary/aromatic N) is 4. The van der Waals surface area contributed by atoms with E-state index in [-0.39, 0.29) is 0 Å². The first kappa shape index (κ1) is 16.9. The molecule has 2 rings (SSSR count). The molecule has 2 heterocycles. The van der Waals surface area contributed by atoms with Crippen LogP contribution in [0.15, 0.2) is 42.1 Å². The topological polar surface area (TPSA) is 41.9 Å². The van der Waals surface area contributed by atoms with Crippen LogP contribution >= 0.6 is 11.8 Å².